The Kier molecular flexibility index (Phi) is 5.44. The summed E-state index contributed by atoms with van der Waals surface area (Å²) in [6, 6.07) is 15.5. The van der Waals surface area contributed by atoms with Crippen LogP contribution in [0.15, 0.2) is 54.7 Å². The van der Waals surface area contributed by atoms with Crippen LogP contribution in [0.5, 0.6) is 27.5 Å². The van der Waals surface area contributed by atoms with E-state index in [0.29, 0.717) is 10.3 Å². The Morgan fingerprint density at radius 3 is 2.33 bits per heavy atom. The molecule has 1 fully saturated rings. The number of aromatic nitrogens is 1. The van der Waals surface area contributed by atoms with Gasteiger partial charge in [0.2, 0.25) is 5.06 Å². The van der Waals surface area contributed by atoms with Crippen molar-refractivity contribution < 1.29 is 14.2 Å². The zero-order chi connectivity index (χ0) is 18.5. The highest BCUT2D eigenvalue weighted by Gasteiger charge is 2.21. The predicted molar refractivity (Wildman–Crippen MR) is 108 cm³/mol. The van der Waals surface area contributed by atoms with Crippen LogP contribution in [0.3, 0.4) is 0 Å². The topological polar surface area (TPSA) is 52.6 Å². The average molecular weight is 382 g/mol. The van der Waals surface area contributed by atoms with Crippen LogP contribution >= 0.6 is 11.3 Å². The van der Waals surface area contributed by atoms with Gasteiger partial charge in [0.25, 0.3) is 5.19 Å². The van der Waals surface area contributed by atoms with Crippen LogP contribution < -0.4 is 19.5 Å². The first-order valence-electron chi connectivity index (χ1n) is 9.17. The molecule has 1 saturated carbocycles. The lowest BCUT2D eigenvalue weighted by Crippen LogP contribution is -1.98. The molecule has 1 N–H and O–H groups in total. The number of rotatable bonds is 9. The van der Waals surface area contributed by atoms with Gasteiger partial charge in [-0.2, -0.15) is 0 Å². The maximum atomic E-state index is 5.84. The first kappa shape index (κ1) is 17.7. The van der Waals surface area contributed by atoms with Gasteiger partial charge < -0.3 is 19.5 Å². The van der Waals surface area contributed by atoms with Gasteiger partial charge >= 0.3 is 0 Å². The summed E-state index contributed by atoms with van der Waals surface area (Å²) in [7, 11) is 0. The van der Waals surface area contributed by atoms with Crippen LogP contribution in [-0.2, 0) is 0 Å². The van der Waals surface area contributed by atoms with Crippen molar-refractivity contribution in [2.45, 2.75) is 19.8 Å². The lowest BCUT2D eigenvalue weighted by Gasteiger charge is -2.06. The fourth-order valence-electron chi connectivity index (χ4n) is 2.50. The number of nitrogens with zero attached hydrogens (tertiary/aromatic N) is 1. The number of anilines is 1. The third-order valence-corrected chi connectivity index (χ3v) is 4.88. The number of hydrogen-bond donors (Lipinski definition) is 1. The van der Waals surface area contributed by atoms with Gasteiger partial charge in [-0.25, -0.2) is 4.98 Å². The summed E-state index contributed by atoms with van der Waals surface area (Å²) in [6.07, 6.45) is 4.25. The molecule has 1 aliphatic carbocycles. The van der Waals surface area contributed by atoms with E-state index in [2.05, 4.69) is 17.2 Å². The standard InChI is InChI=1S/C21H22N2O3S/c1-2-22-16-5-7-18(8-6-16)25-20-13-23-21(27-20)26-19-11-9-17(10-12-19)24-14-15-3-4-15/h5-13,15,22H,2-4,14H2,1H3. The molecule has 2 aromatic carbocycles. The summed E-state index contributed by atoms with van der Waals surface area (Å²) in [5, 5.41) is 4.48. The van der Waals surface area contributed by atoms with Gasteiger partial charge in [0, 0.05) is 12.2 Å². The Labute approximate surface area is 162 Å². The van der Waals surface area contributed by atoms with Crippen LogP contribution in [0, 0.1) is 5.92 Å². The molecule has 1 aliphatic rings. The van der Waals surface area contributed by atoms with Crippen molar-refractivity contribution in [3.05, 3.63) is 54.7 Å². The zero-order valence-corrected chi connectivity index (χ0v) is 16.0. The maximum Gasteiger partial charge on any atom is 0.282 e. The number of hydrogen-bond acceptors (Lipinski definition) is 6. The molecular formula is C21H22N2O3S. The van der Waals surface area contributed by atoms with Crippen molar-refractivity contribution in [2.75, 3.05) is 18.5 Å². The van der Waals surface area contributed by atoms with Crippen LogP contribution in [0.4, 0.5) is 5.69 Å². The fraction of sp³-hybridized carbons (Fsp3) is 0.286. The van der Waals surface area contributed by atoms with Crippen molar-refractivity contribution in [1.82, 2.24) is 4.98 Å². The molecule has 0 bridgehead atoms. The highest BCUT2D eigenvalue weighted by Crippen LogP contribution is 2.35. The van der Waals surface area contributed by atoms with E-state index >= 15 is 0 Å². The molecule has 0 unspecified atom stereocenters. The SMILES string of the molecule is CCNc1ccc(Oc2cnc(Oc3ccc(OCC4CC4)cc3)s2)cc1. The lowest BCUT2D eigenvalue weighted by molar-refractivity contribution is 0.299. The van der Waals surface area contributed by atoms with Crippen LogP contribution in [0.2, 0.25) is 0 Å². The smallest absolute Gasteiger partial charge is 0.282 e. The first-order chi connectivity index (χ1) is 13.3. The van der Waals surface area contributed by atoms with E-state index in [-0.39, 0.29) is 0 Å². The molecule has 6 heteroatoms. The first-order valence-corrected chi connectivity index (χ1v) is 9.98. The van der Waals surface area contributed by atoms with E-state index in [1.165, 1.54) is 24.2 Å². The van der Waals surface area contributed by atoms with E-state index in [1.807, 2.05) is 48.5 Å². The lowest BCUT2D eigenvalue weighted by atomic mass is 10.3. The molecule has 0 atom stereocenters. The molecule has 140 valence electrons. The summed E-state index contributed by atoms with van der Waals surface area (Å²) in [5.74, 6) is 3.11. The van der Waals surface area contributed by atoms with Crippen molar-refractivity contribution in [3.63, 3.8) is 0 Å². The fourth-order valence-corrected chi connectivity index (χ4v) is 3.16. The van der Waals surface area contributed by atoms with Crippen LogP contribution in [0.1, 0.15) is 19.8 Å². The molecule has 3 aromatic rings. The number of ether oxygens (including phenoxy) is 3. The van der Waals surface area contributed by atoms with Gasteiger partial charge in [0.1, 0.15) is 17.2 Å². The molecule has 27 heavy (non-hydrogen) atoms. The minimum atomic E-state index is 0.543. The second-order valence-electron chi connectivity index (χ2n) is 6.43. The normalized spacial score (nSPS) is 13.2. The Hall–Kier alpha value is -2.73. The Morgan fingerprint density at radius 2 is 1.63 bits per heavy atom. The largest absolute Gasteiger partial charge is 0.493 e. The maximum absolute atomic E-state index is 5.84. The number of thiazole rings is 1. The molecule has 0 aliphatic heterocycles. The van der Waals surface area contributed by atoms with Gasteiger partial charge in [-0.1, -0.05) is 0 Å². The minimum absolute atomic E-state index is 0.543. The van der Waals surface area contributed by atoms with E-state index in [0.717, 1.165) is 42.0 Å². The van der Waals surface area contributed by atoms with Gasteiger partial charge in [-0.05, 0) is 85.6 Å². The summed E-state index contributed by atoms with van der Waals surface area (Å²) >= 11 is 1.36. The third kappa shape index (κ3) is 5.14. The Balaban J connectivity index is 1.31. The quantitative estimate of drug-likeness (QED) is 0.496. The Bertz CT molecular complexity index is 858. The van der Waals surface area contributed by atoms with Crippen molar-refractivity contribution >= 4 is 17.0 Å². The highest BCUT2D eigenvalue weighted by atomic mass is 32.1. The molecule has 0 radical (unpaired) electrons. The molecule has 1 aromatic heterocycles. The molecule has 0 spiro atoms. The second kappa shape index (κ2) is 8.31. The van der Waals surface area contributed by atoms with Gasteiger partial charge in [-0.3, -0.25) is 0 Å². The molecule has 1 heterocycles. The number of nitrogens with one attached hydrogen (secondary N) is 1. The average Bonchev–Trinajstić information content (AvgIpc) is 3.42. The van der Waals surface area contributed by atoms with E-state index < -0.39 is 0 Å². The summed E-state index contributed by atoms with van der Waals surface area (Å²) in [5.41, 5.74) is 1.07. The van der Waals surface area contributed by atoms with E-state index in [4.69, 9.17) is 14.2 Å². The third-order valence-electron chi connectivity index (χ3n) is 4.13. The van der Waals surface area contributed by atoms with Gasteiger partial charge in [-0.15, -0.1) is 0 Å². The molecular weight excluding hydrogens is 360 g/mol. The predicted octanol–water partition coefficient (Wildman–Crippen LogP) is 5.95. The minimum Gasteiger partial charge on any atom is -0.493 e. The van der Waals surface area contributed by atoms with Crippen LogP contribution in [0.25, 0.3) is 0 Å². The molecule has 0 amide bonds. The van der Waals surface area contributed by atoms with Gasteiger partial charge in [0.15, 0.2) is 0 Å². The molecule has 4 rings (SSSR count). The van der Waals surface area contributed by atoms with E-state index in [1.54, 1.807) is 6.20 Å². The highest BCUT2D eigenvalue weighted by molar-refractivity contribution is 7.15. The molecule has 0 saturated heterocycles. The summed E-state index contributed by atoms with van der Waals surface area (Å²) in [6.45, 7) is 3.77. The van der Waals surface area contributed by atoms with Crippen molar-refractivity contribution in [2.24, 2.45) is 5.92 Å². The van der Waals surface area contributed by atoms with Crippen molar-refractivity contribution in [1.29, 1.82) is 0 Å². The zero-order valence-electron chi connectivity index (χ0n) is 15.2. The monoisotopic (exact) mass is 382 g/mol. The summed E-state index contributed by atoms with van der Waals surface area (Å²) in [4.78, 5) is 4.27. The van der Waals surface area contributed by atoms with Crippen LogP contribution in [-0.4, -0.2) is 18.1 Å². The summed E-state index contributed by atoms with van der Waals surface area (Å²) < 4.78 is 17.4. The Morgan fingerprint density at radius 1 is 0.963 bits per heavy atom. The number of benzene rings is 2. The van der Waals surface area contributed by atoms with Crippen molar-refractivity contribution in [3.8, 4) is 27.5 Å². The molecule has 5 nitrogen and oxygen atoms in total. The van der Waals surface area contributed by atoms with E-state index in [9.17, 15) is 0 Å². The van der Waals surface area contributed by atoms with Gasteiger partial charge in [0.05, 0.1) is 12.8 Å². The second-order valence-corrected chi connectivity index (χ2v) is 7.39.